The minimum atomic E-state index is -0.340. The number of anilines is 3. The molecule has 8 heteroatoms. The van der Waals surface area contributed by atoms with E-state index in [0.29, 0.717) is 23.6 Å². The van der Waals surface area contributed by atoms with Crippen LogP contribution in [0.4, 0.5) is 22.0 Å². The SMILES string of the molecule is N#CC1CC1C(=O)Nc1cc2cc(N3C(=O)OC4CCCC43)cc(N)c2cn1. The summed E-state index contributed by atoms with van der Waals surface area (Å²) >= 11 is 0. The molecule has 0 radical (unpaired) electrons. The van der Waals surface area contributed by atoms with Crippen molar-refractivity contribution in [2.24, 2.45) is 11.8 Å². The molecule has 3 N–H and O–H groups in total. The number of nitrogen functional groups attached to an aromatic ring is 1. The van der Waals surface area contributed by atoms with Gasteiger partial charge in [0.25, 0.3) is 0 Å². The van der Waals surface area contributed by atoms with Crippen molar-refractivity contribution in [1.82, 2.24) is 4.98 Å². The molecule has 1 aromatic carbocycles. The van der Waals surface area contributed by atoms with E-state index in [4.69, 9.17) is 15.7 Å². The van der Waals surface area contributed by atoms with Gasteiger partial charge in [-0.1, -0.05) is 0 Å². The first-order valence-corrected chi connectivity index (χ1v) is 9.45. The van der Waals surface area contributed by atoms with Gasteiger partial charge in [-0.25, -0.2) is 9.78 Å². The van der Waals surface area contributed by atoms with Crippen LogP contribution in [0, 0.1) is 23.2 Å². The number of hydrogen-bond donors (Lipinski definition) is 2. The maximum absolute atomic E-state index is 12.4. The molecule has 0 spiro atoms. The lowest BCUT2D eigenvalue weighted by Crippen LogP contribution is -2.33. The van der Waals surface area contributed by atoms with Crippen molar-refractivity contribution in [1.29, 1.82) is 5.26 Å². The minimum absolute atomic E-state index is 0.0446. The number of nitrogens with one attached hydrogen (secondary N) is 1. The van der Waals surface area contributed by atoms with Gasteiger partial charge in [0.1, 0.15) is 11.9 Å². The van der Waals surface area contributed by atoms with Crippen LogP contribution in [-0.2, 0) is 9.53 Å². The van der Waals surface area contributed by atoms with Gasteiger partial charge in [0.15, 0.2) is 0 Å². The lowest BCUT2D eigenvalue weighted by molar-refractivity contribution is -0.117. The molecular formula is C20H19N5O3. The van der Waals surface area contributed by atoms with Gasteiger partial charge >= 0.3 is 6.09 Å². The topological polar surface area (TPSA) is 121 Å². The first-order valence-electron chi connectivity index (χ1n) is 9.45. The standard InChI is InChI=1S/C20H19N5O3/c21-8-11-5-13(11)19(26)24-18-6-10-4-12(7-15(22)14(10)9-23-18)25-16-2-1-3-17(16)28-20(25)27/h4,6-7,9,11,13,16-17H,1-3,5,22H2,(H,23,24,26). The lowest BCUT2D eigenvalue weighted by Gasteiger charge is -2.21. The molecule has 4 unspecified atom stereocenters. The molecule has 4 atom stereocenters. The number of ether oxygens (including phenoxy) is 1. The van der Waals surface area contributed by atoms with Gasteiger partial charge in [0.2, 0.25) is 5.91 Å². The Bertz CT molecular complexity index is 1050. The van der Waals surface area contributed by atoms with Crippen LogP contribution in [0.25, 0.3) is 10.8 Å². The zero-order valence-corrected chi connectivity index (χ0v) is 15.1. The minimum Gasteiger partial charge on any atom is -0.444 e. The molecule has 2 amide bonds. The molecule has 142 valence electrons. The summed E-state index contributed by atoms with van der Waals surface area (Å²) in [6, 6.07) is 7.54. The normalized spacial score (nSPS) is 28.0. The Labute approximate surface area is 161 Å². The third-order valence-corrected chi connectivity index (χ3v) is 5.87. The number of nitrogens with zero attached hydrogens (tertiary/aromatic N) is 3. The number of aromatic nitrogens is 1. The Hall–Kier alpha value is -3.34. The summed E-state index contributed by atoms with van der Waals surface area (Å²) in [5.41, 5.74) is 7.42. The maximum atomic E-state index is 12.4. The van der Waals surface area contributed by atoms with Crippen LogP contribution in [0.15, 0.2) is 24.4 Å². The van der Waals surface area contributed by atoms with E-state index < -0.39 is 0 Å². The van der Waals surface area contributed by atoms with Crippen LogP contribution in [0.3, 0.4) is 0 Å². The Balaban J connectivity index is 1.46. The predicted octanol–water partition coefficient (Wildman–Crippen LogP) is 2.79. The van der Waals surface area contributed by atoms with Crippen LogP contribution in [0.1, 0.15) is 25.7 Å². The first kappa shape index (κ1) is 16.8. The average molecular weight is 377 g/mol. The molecule has 1 aliphatic heterocycles. The molecular weight excluding hydrogens is 358 g/mol. The Kier molecular flexibility index (Phi) is 3.66. The first-order chi connectivity index (χ1) is 13.5. The molecule has 2 heterocycles. The van der Waals surface area contributed by atoms with Crippen molar-refractivity contribution < 1.29 is 14.3 Å². The Morgan fingerprint density at radius 3 is 3.00 bits per heavy atom. The number of amides is 2. The molecule has 5 rings (SSSR count). The molecule has 8 nitrogen and oxygen atoms in total. The van der Waals surface area contributed by atoms with E-state index in [0.717, 1.165) is 30.0 Å². The van der Waals surface area contributed by atoms with Gasteiger partial charge in [-0.3, -0.25) is 9.69 Å². The van der Waals surface area contributed by atoms with Gasteiger partial charge in [0, 0.05) is 17.3 Å². The summed E-state index contributed by atoms with van der Waals surface area (Å²) in [7, 11) is 0. The van der Waals surface area contributed by atoms with E-state index in [1.165, 1.54) is 0 Å². The van der Waals surface area contributed by atoms with Crippen molar-refractivity contribution in [3.8, 4) is 6.07 Å². The fourth-order valence-electron chi connectivity index (χ4n) is 4.28. The van der Waals surface area contributed by atoms with Gasteiger partial charge in [-0.15, -0.1) is 0 Å². The Morgan fingerprint density at radius 1 is 1.36 bits per heavy atom. The fraction of sp³-hybridized carbons (Fsp3) is 0.400. The number of carbonyl (C=O) groups is 2. The lowest BCUT2D eigenvalue weighted by atomic mass is 10.1. The summed E-state index contributed by atoms with van der Waals surface area (Å²) in [5, 5.41) is 13.2. The highest BCUT2D eigenvalue weighted by atomic mass is 16.6. The zero-order valence-electron chi connectivity index (χ0n) is 15.1. The number of pyridine rings is 1. The summed E-state index contributed by atoms with van der Waals surface area (Å²) < 4.78 is 5.49. The van der Waals surface area contributed by atoms with Gasteiger partial charge in [-0.2, -0.15) is 5.26 Å². The second-order valence-electron chi connectivity index (χ2n) is 7.68. The van der Waals surface area contributed by atoms with E-state index in [1.54, 1.807) is 23.2 Å². The fourth-order valence-corrected chi connectivity index (χ4v) is 4.28. The van der Waals surface area contributed by atoms with Crippen molar-refractivity contribution in [3.05, 3.63) is 24.4 Å². The predicted molar refractivity (Wildman–Crippen MR) is 102 cm³/mol. The monoisotopic (exact) mass is 377 g/mol. The molecule has 2 aliphatic carbocycles. The number of nitriles is 1. The smallest absolute Gasteiger partial charge is 0.415 e. The van der Waals surface area contributed by atoms with Crippen molar-refractivity contribution in [3.63, 3.8) is 0 Å². The number of nitrogens with two attached hydrogens (primary N) is 1. The van der Waals surface area contributed by atoms with E-state index >= 15 is 0 Å². The number of rotatable bonds is 3. The van der Waals surface area contributed by atoms with Crippen molar-refractivity contribution >= 4 is 40.0 Å². The second kappa shape index (κ2) is 6.09. The molecule has 3 aliphatic rings. The quantitative estimate of drug-likeness (QED) is 0.793. The van der Waals surface area contributed by atoms with Crippen LogP contribution < -0.4 is 16.0 Å². The highest BCUT2D eigenvalue weighted by molar-refractivity contribution is 6.02. The van der Waals surface area contributed by atoms with E-state index in [1.807, 2.05) is 6.07 Å². The molecule has 3 fully saturated rings. The summed E-state index contributed by atoms with van der Waals surface area (Å²) in [6.07, 6.45) is 4.64. The van der Waals surface area contributed by atoms with Crippen LogP contribution in [-0.4, -0.2) is 29.1 Å². The maximum Gasteiger partial charge on any atom is 0.415 e. The second-order valence-corrected chi connectivity index (χ2v) is 7.68. The van der Waals surface area contributed by atoms with E-state index in [9.17, 15) is 9.59 Å². The molecule has 2 saturated carbocycles. The summed E-state index contributed by atoms with van der Waals surface area (Å²) in [4.78, 5) is 30.5. The van der Waals surface area contributed by atoms with Crippen molar-refractivity contribution in [2.45, 2.75) is 37.8 Å². The largest absolute Gasteiger partial charge is 0.444 e. The van der Waals surface area contributed by atoms with Gasteiger partial charge in [0.05, 0.1) is 29.6 Å². The number of hydrogen-bond acceptors (Lipinski definition) is 6. The number of fused-ring (bicyclic) bond motifs is 2. The van der Waals surface area contributed by atoms with Crippen LogP contribution in [0.2, 0.25) is 0 Å². The van der Waals surface area contributed by atoms with E-state index in [-0.39, 0.29) is 36.0 Å². The zero-order chi connectivity index (χ0) is 19.4. The molecule has 28 heavy (non-hydrogen) atoms. The molecule has 1 saturated heterocycles. The van der Waals surface area contributed by atoms with Gasteiger partial charge < -0.3 is 15.8 Å². The third-order valence-electron chi connectivity index (χ3n) is 5.87. The molecule has 1 aromatic heterocycles. The Morgan fingerprint density at radius 2 is 2.21 bits per heavy atom. The summed E-state index contributed by atoms with van der Waals surface area (Å²) in [6.45, 7) is 0. The van der Waals surface area contributed by atoms with Crippen molar-refractivity contribution in [2.75, 3.05) is 16.0 Å². The van der Waals surface area contributed by atoms with E-state index in [2.05, 4.69) is 16.4 Å². The molecule has 0 bridgehead atoms. The van der Waals surface area contributed by atoms with Gasteiger partial charge in [-0.05, 0) is 49.3 Å². The average Bonchev–Trinajstić information content (AvgIpc) is 3.23. The third kappa shape index (κ3) is 2.62. The summed E-state index contributed by atoms with van der Waals surface area (Å²) in [5.74, 6) is -0.263. The number of carbonyl (C=O) groups excluding carboxylic acids is 2. The van der Waals surface area contributed by atoms with Crippen LogP contribution in [0.5, 0.6) is 0 Å². The highest BCUT2D eigenvalue weighted by Gasteiger charge is 2.45. The number of benzene rings is 1. The molecule has 2 aromatic rings. The van der Waals surface area contributed by atoms with Crippen LogP contribution >= 0.6 is 0 Å². The highest BCUT2D eigenvalue weighted by Crippen LogP contribution is 2.40.